The fraction of sp³-hybridized carbons (Fsp3) is 0.406. The summed E-state index contributed by atoms with van der Waals surface area (Å²) < 4.78 is 26.4. The molecule has 1 fully saturated rings. The minimum atomic E-state index is -0.214. The molecule has 0 saturated heterocycles. The first kappa shape index (κ1) is 24.5. The summed E-state index contributed by atoms with van der Waals surface area (Å²) in [6, 6.07) is 17.8. The zero-order chi connectivity index (χ0) is 25.7. The third-order valence-corrected chi connectivity index (χ3v) is 7.81. The van der Waals surface area contributed by atoms with Crippen molar-refractivity contribution in [2.75, 3.05) is 6.61 Å². The summed E-state index contributed by atoms with van der Waals surface area (Å²) in [6.07, 6.45) is 2.85. The minimum absolute atomic E-state index is 0.0364. The van der Waals surface area contributed by atoms with E-state index in [4.69, 9.17) is 9.47 Å². The lowest BCUT2D eigenvalue weighted by atomic mass is 9.81. The Morgan fingerprint density at radius 1 is 1.06 bits per heavy atom. The summed E-state index contributed by atoms with van der Waals surface area (Å²) in [7, 11) is 0. The first-order chi connectivity index (χ1) is 17.1. The van der Waals surface area contributed by atoms with E-state index in [0.717, 1.165) is 47.3 Å². The van der Waals surface area contributed by atoms with Crippen molar-refractivity contribution < 1.29 is 18.7 Å². The van der Waals surface area contributed by atoms with Gasteiger partial charge in [-0.2, -0.15) is 0 Å². The maximum Gasteiger partial charge on any atom is 0.309 e. The molecule has 3 aromatic rings. The molecule has 3 aromatic carbocycles. The second-order valence-electron chi connectivity index (χ2n) is 11.4. The quantitative estimate of drug-likeness (QED) is 0.340. The van der Waals surface area contributed by atoms with Gasteiger partial charge in [0, 0.05) is 11.0 Å². The lowest BCUT2D eigenvalue weighted by Gasteiger charge is -2.24. The van der Waals surface area contributed by atoms with Crippen LogP contribution in [0, 0.1) is 18.7 Å². The molecule has 0 N–H and O–H groups in total. The first-order valence-electron chi connectivity index (χ1n) is 12.9. The molecule has 3 nitrogen and oxygen atoms in total. The van der Waals surface area contributed by atoms with E-state index < -0.39 is 0 Å². The van der Waals surface area contributed by atoms with Crippen molar-refractivity contribution in [2.45, 2.75) is 71.3 Å². The predicted molar refractivity (Wildman–Crippen MR) is 141 cm³/mol. The topological polar surface area (TPSA) is 35.5 Å². The van der Waals surface area contributed by atoms with Gasteiger partial charge in [-0.1, -0.05) is 50.6 Å². The fourth-order valence-electron chi connectivity index (χ4n) is 5.82. The lowest BCUT2D eigenvalue weighted by Crippen LogP contribution is -2.15. The largest absolute Gasteiger partial charge is 0.489 e. The van der Waals surface area contributed by atoms with E-state index >= 15 is 0 Å². The molecule has 0 radical (unpaired) electrons. The average molecular weight is 487 g/mol. The number of carbonyl (C=O) groups is 1. The van der Waals surface area contributed by atoms with E-state index in [-0.39, 0.29) is 28.5 Å². The second kappa shape index (κ2) is 9.06. The van der Waals surface area contributed by atoms with E-state index in [0.29, 0.717) is 18.8 Å². The van der Waals surface area contributed by atoms with Crippen molar-refractivity contribution in [3.8, 4) is 16.9 Å². The average Bonchev–Trinajstić information content (AvgIpc) is 3.47. The Kier molecular flexibility index (Phi) is 6.18. The van der Waals surface area contributed by atoms with Crippen LogP contribution in [-0.4, -0.2) is 12.6 Å². The van der Waals surface area contributed by atoms with Crippen molar-refractivity contribution in [3.63, 3.8) is 0 Å². The highest BCUT2D eigenvalue weighted by molar-refractivity contribution is 5.80. The minimum Gasteiger partial charge on any atom is -0.489 e. The third-order valence-electron chi connectivity index (χ3n) is 7.81. The molecule has 1 saturated carbocycles. The molecule has 36 heavy (non-hydrogen) atoms. The van der Waals surface area contributed by atoms with Crippen LogP contribution in [0.3, 0.4) is 0 Å². The van der Waals surface area contributed by atoms with Crippen LogP contribution in [0.1, 0.15) is 68.4 Å². The number of ether oxygens (including phenoxy) is 2. The van der Waals surface area contributed by atoms with Gasteiger partial charge in [0.1, 0.15) is 18.2 Å². The molecular weight excluding hydrogens is 451 g/mol. The number of carbonyl (C=O) groups excluding carboxylic acids is 1. The maximum absolute atomic E-state index is 14.9. The molecule has 0 unspecified atom stereocenters. The third kappa shape index (κ3) is 4.42. The van der Waals surface area contributed by atoms with Gasteiger partial charge in [0.05, 0.1) is 12.5 Å². The van der Waals surface area contributed by atoms with Crippen molar-refractivity contribution in [3.05, 3.63) is 88.2 Å². The van der Waals surface area contributed by atoms with E-state index in [2.05, 4.69) is 51.1 Å². The van der Waals surface area contributed by atoms with Crippen molar-refractivity contribution in [1.29, 1.82) is 0 Å². The van der Waals surface area contributed by atoms with Crippen LogP contribution >= 0.6 is 0 Å². The van der Waals surface area contributed by atoms with E-state index in [9.17, 15) is 9.18 Å². The molecule has 1 spiro atoms. The zero-order valence-electron chi connectivity index (χ0n) is 21.9. The van der Waals surface area contributed by atoms with Crippen LogP contribution in [0.5, 0.6) is 5.75 Å². The van der Waals surface area contributed by atoms with Crippen LogP contribution in [0.15, 0.2) is 54.6 Å². The number of aryl methyl sites for hydroxylation is 2. The molecule has 0 aliphatic heterocycles. The number of benzene rings is 3. The zero-order valence-corrected chi connectivity index (χ0v) is 21.9. The number of hydrogen-bond donors (Lipinski definition) is 0. The smallest absolute Gasteiger partial charge is 0.309 e. The lowest BCUT2D eigenvalue weighted by molar-refractivity contribution is -0.145. The Hall–Kier alpha value is -3.14. The molecule has 2 aliphatic carbocycles. The van der Waals surface area contributed by atoms with Gasteiger partial charge in [0.25, 0.3) is 0 Å². The number of esters is 1. The van der Waals surface area contributed by atoms with Gasteiger partial charge in [0.2, 0.25) is 0 Å². The van der Waals surface area contributed by atoms with Gasteiger partial charge in [-0.25, -0.2) is 4.39 Å². The molecule has 188 valence electrons. The molecule has 0 aromatic heterocycles. The predicted octanol–water partition coefficient (Wildman–Crippen LogP) is 7.44. The summed E-state index contributed by atoms with van der Waals surface area (Å²) >= 11 is 0. The number of hydrogen-bond acceptors (Lipinski definition) is 3. The SMILES string of the molecule is CCOC(=O)[C@@H]1C[C@@]12CCc1ccc(OCc3ccc(C(C)(C)C)c(-c4cc(C)ccc4F)c3)cc12. The second-order valence-corrected chi connectivity index (χ2v) is 11.4. The molecule has 0 amide bonds. The summed E-state index contributed by atoms with van der Waals surface area (Å²) in [4.78, 5) is 12.4. The molecule has 0 bridgehead atoms. The summed E-state index contributed by atoms with van der Waals surface area (Å²) in [5, 5.41) is 0. The standard InChI is InChI=1S/C32H35FO3/c1-6-35-30(34)28-18-32(28)14-13-22-9-10-23(17-27(22)32)36-19-21-8-11-26(31(3,4)5)24(16-21)25-15-20(2)7-12-29(25)33/h7-12,15-17,28H,6,13-14,18-19H2,1-5H3/t28-,32+/m0/s1. The van der Waals surface area contributed by atoms with Gasteiger partial charge in [-0.15, -0.1) is 0 Å². The molecule has 2 atom stereocenters. The Morgan fingerprint density at radius 2 is 1.86 bits per heavy atom. The van der Waals surface area contributed by atoms with Gasteiger partial charge in [0.15, 0.2) is 0 Å². The monoisotopic (exact) mass is 486 g/mol. The van der Waals surface area contributed by atoms with Crippen LogP contribution in [0.4, 0.5) is 4.39 Å². The Bertz CT molecular complexity index is 1320. The summed E-state index contributed by atoms with van der Waals surface area (Å²) in [6.45, 7) is 11.1. The number of rotatable bonds is 6. The fourth-order valence-corrected chi connectivity index (χ4v) is 5.82. The van der Waals surface area contributed by atoms with Crippen LogP contribution in [0.2, 0.25) is 0 Å². The normalized spacial score (nSPS) is 20.3. The molecule has 5 rings (SSSR count). The van der Waals surface area contributed by atoms with Crippen molar-refractivity contribution in [1.82, 2.24) is 0 Å². The molecule has 4 heteroatoms. The van der Waals surface area contributed by atoms with Crippen LogP contribution in [0.25, 0.3) is 11.1 Å². The molecular formula is C32H35FO3. The van der Waals surface area contributed by atoms with Crippen molar-refractivity contribution >= 4 is 5.97 Å². The first-order valence-corrected chi connectivity index (χ1v) is 12.9. The van der Waals surface area contributed by atoms with Gasteiger partial charge in [-0.3, -0.25) is 4.79 Å². The summed E-state index contributed by atoms with van der Waals surface area (Å²) in [5.74, 6) is 0.471. The summed E-state index contributed by atoms with van der Waals surface area (Å²) in [5.41, 5.74) is 7.00. The van der Waals surface area contributed by atoms with Gasteiger partial charge < -0.3 is 9.47 Å². The van der Waals surface area contributed by atoms with E-state index in [1.807, 2.05) is 26.0 Å². The highest BCUT2D eigenvalue weighted by Gasteiger charge is 2.62. The Balaban J connectivity index is 1.40. The Morgan fingerprint density at radius 3 is 2.61 bits per heavy atom. The highest BCUT2D eigenvalue weighted by atomic mass is 19.1. The van der Waals surface area contributed by atoms with Gasteiger partial charge >= 0.3 is 5.97 Å². The Labute approximate surface area is 213 Å². The van der Waals surface area contributed by atoms with Crippen LogP contribution in [-0.2, 0) is 33.4 Å². The van der Waals surface area contributed by atoms with Gasteiger partial charge in [-0.05, 0) is 96.7 Å². The van der Waals surface area contributed by atoms with Crippen molar-refractivity contribution in [2.24, 2.45) is 5.92 Å². The number of halogens is 1. The molecule has 2 aliphatic rings. The van der Waals surface area contributed by atoms with E-state index in [1.165, 1.54) is 11.1 Å². The van der Waals surface area contributed by atoms with E-state index in [1.54, 1.807) is 12.1 Å². The van der Waals surface area contributed by atoms with Crippen LogP contribution < -0.4 is 4.74 Å². The highest BCUT2D eigenvalue weighted by Crippen LogP contribution is 2.62. The molecule has 0 heterocycles. The number of fused-ring (bicyclic) bond motifs is 2. The maximum atomic E-state index is 14.9.